The van der Waals surface area contributed by atoms with Gasteiger partial charge in [-0.3, -0.25) is 14.7 Å². The SMILES string of the molecule is CN(Cc1ccc(C(F)(F)F)c(F)c1)[C@@H]1CN(C(=O)c2cnccn2)C[C@@H]1c1ccc(Cl)c(Cl)c1. The van der Waals surface area contributed by atoms with Crippen molar-refractivity contribution in [2.45, 2.75) is 24.7 Å². The molecule has 0 aliphatic carbocycles. The van der Waals surface area contributed by atoms with Gasteiger partial charge in [0.25, 0.3) is 5.91 Å². The van der Waals surface area contributed by atoms with Gasteiger partial charge in [-0.1, -0.05) is 35.3 Å². The third-order valence-corrected chi connectivity index (χ3v) is 6.81. The summed E-state index contributed by atoms with van der Waals surface area (Å²) in [7, 11) is 1.78. The van der Waals surface area contributed by atoms with Crippen LogP contribution in [0.3, 0.4) is 0 Å². The summed E-state index contributed by atoms with van der Waals surface area (Å²) in [5.41, 5.74) is 0.126. The van der Waals surface area contributed by atoms with Crippen LogP contribution in [0.4, 0.5) is 17.6 Å². The second-order valence-corrected chi connectivity index (χ2v) is 9.19. The second kappa shape index (κ2) is 10.1. The molecule has 0 radical (unpaired) electrons. The number of likely N-dealkylation sites (N-methyl/N-ethyl adjacent to an activating group) is 1. The van der Waals surface area contributed by atoms with Crippen LogP contribution in [-0.4, -0.2) is 51.9 Å². The molecule has 3 aromatic rings. The summed E-state index contributed by atoms with van der Waals surface area (Å²) in [5, 5.41) is 0.764. The third kappa shape index (κ3) is 5.58. The molecule has 0 saturated carbocycles. The van der Waals surface area contributed by atoms with Crippen LogP contribution in [-0.2, 0) is 12.7 Å². The molecule has 11 heteroatoms. The molecule has 184 valence electrons. The lowest BCUT2D eigenvalue weighted by molar-refractivity contribution is -0.140. The Morgan fingerprint density at radius 3 is 2.51 bits per heavy atom. The lowest BCUT2D eigenvalue weighted by Crippen LogP contribution is -2.38. The molecule has 1 aliphatic heterocycles. The molecule has 4 rings (SSSR count). The van der Waals surface area contributed by atoms with Crippen LogP contribution in [0.2, 0.25) is 10.0 Å². The van der Waals surface area contributed by atoms with Crippen molar-refractivity contribution in [1.82, 2.24) is 19.8 Å². The Balaban J connectivity index is 1.61. The van der Waals surface area contributed by atoms with Gasteiger partial charge in [0, 0.05) is 44.0 Å². The molecule has 1 aromatic heterocycles. The van der Waals surface area contributed by atoms with Crippen molar-refractivity contribution in [3.8, 4) is 0 Å². The van der Waals surface area contributed by atoms with Crippen molar-refractivity contribution in [3.63, 3.8) is 0 Å². The highest BCUT2D eigenvalue weighted by Crippen LogP contribution is 2.36. The summed E-state index contributed by atoms with van der Waals surface area (Å²) in [5.74, 6) is -1.80. The van der Waals surface area contributed by atoms with E-state index in [0.29, 0.717) is 28.7 Å². The topological polar surface area (TPSA) is 49.3 Å². The zero-order valence-corrected chi connectivity index (χ0v) is 19.9. The van der Waals surface area contributed by atoms with Crippen LogP contribution in [0.5, 0.6) is 0 Å². The number of hydrogen-bond donors (Lipinski definition) is 0. The van der Waals surface area contributed by atoms with Gasteiger partial charge in [-0.15, -0.1) is 0 Å². The van der Waals surface area contributed by atoms with Crippen LogP contribution < -0.4 is 0 Å². The number of hydrogen-bond acceptors (Lipinski definition) is 4. The summed E-state index contributed by atoms with van der Waals surface area (Å²) < 4.78 is 52.9. The molecule has 2 heterocycles. The predicted octanol–water partition coefficient (Wildman–Crippen LogP) is 5.68. The number of likely N-dealkylation sites (tertiary alicyclic amines) is 1. The van der Waals surface area contributed by atoms with Crippen LogP contribution in [0.1, 0.15) is 33.1 Å². The Labute approximate surface area is 209 Å². The maximum Gasteiger partial charge on any atom is 0.419 e. The summed E-state index contributed by atoms with van der Waals surface area (Å²) in [6.07, 6.45) is -0.472. The lowest BCUT2D eigenvalue weighted by Gasteiger charge is -2.29. The van der Waals surface area contributed by atoms with E-state index in [1.54, 1.807) is 24.1 Å². The van der Waals surface area contributed by atoms with E-state index in [1.807, 2.05) is 11.0 Å². The first-order valence-corrected chi connectivity index (χ1v) is 11.4. The molecule has 2 aromatic carbocycles. The van der Waals surface area contributed by atoms with Crippen LogP contribution in [0.15, 0.2) is 55.0 Å². The monoisotopic (exact) mass is 526 g/mol. The molecular weight excluding hydrogens is 507 g/mol. The Bertz CT molecular complexity index is 1230. The van der Waals surface area contributed by atoms with Crippen molar-refractivity contribution in [3.05, 3.63) is 93.2 Å². The van der Waals surface area contributed by atoms with Crippen molar-refractivity contribution >= 4 is 29.1 Å². The van der Waals surface area contributed by atoms with E-state index in [4.69, 9.17) is 23.2 Å². The molecule has 2 atom stereocenters. The van der Waals surface area contributed by atoms with Crippen molar-refractivity contribution in [1.29, 1.82) is 0 Å². The number of rotatable bonds is 5. The first kappa shape index (κ1) is 25.3. The first-order valence-electron chi connectivity index (χ1n) is 10.6. The van der Waals surface area contributed by atoms with E-state index in [9.17, 15) is 22.4 Å². The number of halogens is 6. The van der Waals surface area contributed by atoms with Gasteiger partial charge in [0.2, 0.25) is 0 Å². The second-order valence-electron chi connectivity index (χ2n) is 8.38. The Morgan fingerprint density at radius 2 is 1.89 bits per heavy atom. The zero-order valence-electron chi connectivity index (χ0n) is 18.4. The average molecular weight is 527 g/mol. The third-order valence-electron chi connectivity index (χ3n) is 6.07. The predicted molar refractivity (Wildman–Crippen MR) is 124 cm³/mol. The molecule has 0 spiro atoms. The molecule has 1 saturated heterocycles. The minimum absolute atomic E-state index is 0.171. The maximum absolute atomic E-state index is 14.1. The highest BCUT2D eigenvalue weighted by molar-refractivity contribution is 6.42. The smallest absolute Gasteiger partial charge is 0.335 e. The minimum Gasteiger partial charge on any atom is -0.335 e. The molecule has 35 heavy (non-hydrogen) atoms. The fourth-order valence-corrected chi connectivity index (χ4v) is 4.64. The lowest BCUT2D eigenvalue weighted by atomic mass is 9.93. The number of carbonyl (C=O) groups excluding carboxylic acids is 1. The van der Waals surface area contributed by atoms with Gasteiger partial charge in [-0.25, -0.2) is 9.37 Å². The minimum atomic E-state index is -4.76. The summed E-state index contributed by atoms with van der Waals surface area (Å²) in [6.45, 7) is 0.842. The molecule has 1 fully saturated rings. The quantitative estimate of drug-likeness (QED) is 0.401. The summed E-state index contributed by atoms with van der Waals surface area (Å²) in [4.78, 5) is 24.6. The Kier molecular flexibility index (Phi) is 7.30. The largest absolute Gasteiger partial charge is 0.419 e. The number of nitrogens with zero attached hydrogens (tertiary/aromatic N) is 4. The van der Waals surface area contributed by atoms with E-state index in [2.05, 4.69) is 9.97 Å². The van der Waals surface area contributed by atoms with E-state index >= 15 is 0 Å². The molecule has 0 unspecified atom stereocenters. The summed E-state index contributed by atoms with van der Waals surface area (Å²) >= 11 is 12.3. The fraction of sp³-hybridized carbons (Fsp3) is 0.292. The van der Waals surface area contributed by atoms with E-state index in [0.717, 1.165) is 17.7 Å². The number of carbonyl (C=O) groups is 1. The van der Waals surface area contributed by atoms with Gasteiger partial charge in [0.15, 0.2) is 0 Å². The van der Waals surface area contributed by atoms with Gasteiger partial charge in [-0.2, -0.15) is 13.2 Å². The first-order chi connectivity index (χ1) is 16.5. The maximum atomic E-state index is 14.1. The van der Waals surface area contributed by atoms with E-state index in [-0.39, 0.29) is 30.1 Å². The van der Waals surface area contributed by atoms with Crippen LogP contribution in [0.25, 0.3) is 0 Å². The zero-order chi connectivity index (χ0) is 25.3. The van der Waals surface area contributed by atoms with E-state index < -0.39 is 17.6 Å². The number of amides is 1. The van der Waals surface area contributed by atoms with Crippen LogP contribution >= 0.6 is 23.2 Å². The van der Waals surface area contributed by atoms with Gasteiger partial charge in [-0.05, 0) is 42.4 Å². The summed E-state index contributed by atoms with van der Waals surface area (Å²) in [6, 6.07) is 7.90. The standard InChI is InChI=1S/C24H20Cl2F4N4O/c1-33(11-14-2-4-17(20(27)8-14)24(28,29)30)22-13-34(23(35)21-10-31-6-7-32-21)12-16(22)15-3-5-18(25)19(26)9-15/h2-10,16,22H,11-13H2,1H3/t16-,22-/m1/s1. The molecule has 0 bridgehead atoms. The van der Waals surface area contributed by atoms with Gasteiger partial charge in [0.1, 0.15) is 11.5 Å². The number of alkyl halides is 3. The van der Waals surface area contributed by atoms with Gasteiger partial charge < -0.3 is 4.90 Å². The van der Waals surface area contributed by atoms with Crippen LogP contribution in [0, 0.1) is 5.82 Å². The van der Waals surface area contributed by atoms with Gasteiger partial charge >= 0.3 is 6.18 Å². The average Bonchev–Trinajstić information content (AvgIpc) is 3.26. The van der Waals surface area contributed by atoms with Crippen molar-refractivity contribution < 1.29 is 22.4 Å². The Morgan fingerprint density at radius 1 is 1.11 bits per heavy atom. The number of benzene rings is 2. The molecule has 1 aliphatic rings. The number of aromatic nitrogens is 2. The van der Waals surface area contributed by atoms with Crippen molar-refractivity contribution in [2.75, 3.05) is 20.1 Å². The van der Waals surface area contributed by atoms with E-state index in [1.165, 1.54) is 24.7 Å². The molecule has 1 amide bonds. The molecule has 5 nitrogen and oxygen atoms in total. The van der Waals surface area contributed by atoms with Gasteiger partial charge in [0.05, 0.1) is 21.8 Å². The Hall–Kier alpha value is -2.75. The van der Waals surface area contributed by atoms with Crippen molar-refractivity contribution in [2.24, 2.45) is 0 Å². The normalized spacial score (nSPS) is 18.3. The highest BCUT2D eigenvalue weighted by atomic mass is 35.5. The fourth-order valence-electron chi connectivity index (χ4n) is 4.33. The molecule has 0 N–H and O–H groups in total. The molecular formula is C24H20Cl2F4N4O. The highest BCUT2D eigenvalue weighted by Gasteiger charge is 2.39.